The fraction of sp³-hybridized carbons (Fsp3) is 0.200. The fourth-order valence-corrected chi connectivity index (χ4v) is 2.50. The summed E-state index contributed by atoms with van der Waals surface area (Å²) in [5.74, 6) is 1.22. The zero-order valence-corrected chi connectivity index (χ0v) is 13.3. The van der Waals surface area contributed by atoms with E-state index in [4.69, 9.17) is 8.94 Å². The van der Waals surface area contributed by atoms with Gasteiger partial charge in [-0.25, -0.2) is 0 Å². The number of nitrogens with zero attached hydrogens (tertiary/aromatic N) is 3. The average molecular weight is 330 g/mol. The van der Waals surface area contributed by atoms with Crippen molar-refractivity contribution in [3.8, 4) is 11.5 Å². The smallest absolute Gasteiger partial charge is 0.277 e. The minimum atomic E-state index is -0.420. The van der Waals surface area contributed by atoms with Crippen LogP contribution in [0.1, 0.15) is 12.7 Å². The summed E-state index contributed by atoms with van der Waals surface area (Å²) in [6, 6.07) is 11.1. The number of carbonyl (C=O) groups is 1. The van der Waals surface area contributed by atoms with Crippen LogP contribution in [-0.2, 0) is 4.79 Å². The Hall–Kier alpha value is -2.61. The first kappa shape index (κ1) is 15.3. The predicted molar refractivity (Wildman–Crippen MR) is 84.9 cm³/mol. The second-order valence-corrected chi connectivity index (χ2v) is 6.10. The number of hydrogen-bond acceptors (Lipinski definition) is 7. The van der Waals surface area contributed by atoms with Gasteiger partial charge in [0.15, 0.2) is 5.82 Å². The molecule has 0 aliphatic rings. The normalized spacial score (nSPS) is 12.1. The molecule has 0 fully saturated rings. The van der Waals surface area contributed by atoms with Crippen LogP contribution in [0.15, 0.2) is 50.6 Å². The SMILES string of the molecule is Cc1cc(NC(=O)C(C)Sc2nnc(-c3ccccc3)o2)no1. The molecule has 0 spiro atoms. The van der Waals surface area contributed by atoms with E-state index < -0.39 is 5.25 Å². The summed E-state index contributed by atoms with van der Waals surface area (Å²) in [6.45, 7) is 3.50. The molecule has 1 amide bonds. The summed E-state index contributed by atoms with van der Waals surface area (Å²) in [5.41, 5.74) is 0.835. The molecule has 0 saturated carbocycles. The molecule has 0 saturated heterocycles. The predicted octanol–water partition coefficient (Wildman–Crippen LogP) is 3.15. The summed E-state index contributed by atoms with van der Waals surface area (Å²) in [7, 11) is 0. The Kier molecular flexibility index (Phi) is 4.42. The zero-order chi connectivity index (χ0) is 16.2. The number of anilines is 1. The first-order valence-electron chi connectivity index (χ1n) is 6.91. The van der Waals surface area contributed by atoms with Crippen molar-refractivity contribution >= 4 is 23.5 Å². The molecule has 1 atom stereocenters. The van der Waals surface area contributed by atoms with Gasteiger partial charge in [0.1, 0.15) is 5.76 Å². The highest BCUT2D eigenvalue weighted by molar-refractivity contribution is 8.00. The Balaban J connectivity index is 1.62. The molecule has 0 aliphatic heterocycles. The van der Waals surface area contributed by atoms with Crippen LogP contribution in [0.4, 0.5) is 5.82 Å². The van der Waals surface area contributed by atoms with E-state index in [2.05, 4.69) is 20.7 Å². The van der Waals surface area contributed by atoms with Gasteiger partial charge in [0, 0.05) is 11.6 Å². The second kappa shape index (κ2) is 6.66. The number of carbonyl (C=O) groups excluding carboxylic acids is 1. The maximum atomic E-state index is 12.1. The maximum absolute atomic E-state index is 12.1. The van der Waals surface area contributed by atoms with Gasteiger partial charge in [0.2, 0.25) is 11.8 Å². The van der Waals surface area contributed by atoms with Gasteiger partial charge in [-0.2, -0.15) is 0 Å². The Morgan fingerprint density at radius 3 is 2.74 bits per heavy atom. The average Bonchev–Trinajstić information content (AvgIpc) is 3.17. The van der Waals surface area contributed by atoms with Gasteiger partial charge >= 0.3 is 0 Å². The van der Waals surface area contributed by atoms with Gasteiger partial charge < -0.3 is 14.3 Å². The van der Waals surface area contributed by atoms with E-state index in [0.29, 0.717) is 22.7 Å². The lowest BCUT2D eigenvalue weighted by Crippen LogP contribution is -2.22. The highest BCUT2D eigenvalue weighted by atomic mass is 32.2. The molecule has 23 heavy (non-hydrogen) atoms. The summed E-state index contributed by atoms with van der Waals surface area (Å²) in [5, 5.41) is 14.3. The summed E-state index contributed by atoms with van der Waals surface area (Å²) in [4.78, 5) is 12.1. The molecule has 2 heterocycles. The first-order chi connectivity index (χ1) is 11.1. The summed E-state index contributed by atoms with van der Waals surface area (Å²) < 4.78 is 10.5. The van der Waals surface area contributed by atoms with Crippen molar-refractivity contribution in [3.05, 3.63) is 42.2 Å². The molecule has 1 unspecified atom stereocenters. The third-order valence-electron chi connectivity index (χ3n) is 2.95. The lowest BCUT2D eigenvalue weighted by atomic mass is 10.2. The van der Waals surface area contributed by atoms with Gasteiger partial charge in [0.25, 0.3) is 5.22 Å². The summed E-state index contributed by atoms with van der Waals surface area (Å²) in [6.07, 6.45) is 0. The van der Waals surface area contributed by atoms with Gasteiger partial charge in [0.05, 0.1) is 5.25 Å². The molecule has 1 N–H and O–H groups in total. The van der Waals surface area contributed by atoms with Crippen LogP contribution in [0.25, 0.3) is 11.5 Å². The standard InChI is InChI=1S/C15H14N4O3S/c1-9-8-12(19-22-9)16-13(20)10(2)23-15-18-17-14(21-15)11-6-4-3-5-7-11/h3-8,10H,1-2H3,(H,16,19,20). The molecule has 8 heteroatoms. The van der Waals surface area contributed by atoms with Crippen LogP contribution >= 0.6 is 11.8 Å². The van der Waals surface area contributed by atoms with Gasteiger partial charge in [-0.1, -0.05) is 35.1 Å². The van der Waals surface area contributed by atoms with E-state index in [-0.39, 0.29) is 5.91 Å². The molecular formula is C15H14N4O3S. The van der Waals surface area contributed by atoms with Crippen LogP contribution in [0.5, 0.6) is 0 Å². The van der Waals surface area contributed by atoms with Gasteiger partial charge in [-0.15, -0.1) is 10.2 Å². The number of benzene rings is 1. The monoisotopic (exact) mass is 330 g/mol. The minimum Gasteiger partial charge on any atom is -0.411 e. The van der Waals surface area contributed by atoms with E-state index >= 15 is 0 Å². The van der Waals surface area contributed by atoms with Crippen LogP contribution in [0.3, 0.4) is 0 Å². The number of nitrogens with one attached hydrogen (secondary N) is 1. The quantitative estimate of drug-likeness (QED) is 0.718. The van der Waals surface area contributed by atoms with Crippen molar-refractivity contribution in [2.45, 2.75) is 24.3 Å². The maximum Gasteiger partial charge on any atom is 0.277 e. The molecule has 1 aromatic carbocycles. The summed E-state index contributed by atoms with van der Waals surface area (Å²) >= 11 is 1.18. The van der Waals surface area contributed by atoms with Gasteiger partial charge in [-0.05, 0) is 26.0 Å². The Morgan fingerprint density at radius 2 is 2.04 bits per heavy atom. The molecule has 0 radical (unpaired) electrons. The van der Waals surface area contributed by atoms with Crippen LogP contribution in [0, 0.1) is 6.92 Å². The van der Waals surface area contributed by atoms with E-state index in [1.54, 1.807) is 19.9 Å². The number of hydrogen-bond donors (Lipinski definition) is 1. The molecular weight excluding hydrogens is 316 g/mol. The van der Waals surface area contributed by atoms with E-state index in [0.717, 1.165) is 5.56 Å². The lowest BCUT2D eigenvalue weighted by molar-refractivity contribution is -0.115. The third-order valence-corrected chi connectivity index (χ3v) is 3.89. The fourth-order valence-electron chi connectivity index (χ4n) is 1.81. The van der Waals surface area contributed by atoms with Crippen LogP contribution < -0.4 is 5.32 Å². The third kappa shape index (κ3) is 3.78. The minimum absolute atomic E-state index is 0.220. The van der Waals surface area contributed by atoms with Crippen molar-refractivity contribution in [3.63, 3.8) is 0 Å². The number of amides is 1. The van der Waals surface area contributed by atoms with Crippen molar-refractivity contribution in [2.24, 2.45) is 0 Å². The van der Waals surface area contributed by atoms with Crippen molar-refractivity contribution in [2.75, 3.05) is 5.32 Å². The molecule has 118 valence electrons. The van der Waals surface area contributed by atoms with Gasteiger partial charge in [-0.3, -0.25) is 4.79 Å². The molecule has 0 bridgehead atoms. The van der Waals surface area contributed by atoms with Crippen LogP contribution in [0.2, 0.25) is 0 Å². The Morgan fingerprint density at radius 1 is 1.26 bits per heavy atom. The largest absolute Gasteiger partial charge is 0.411 e. The Bertz CT molecular complexity index is 800. The van der Waals surface area contributed by atoms with Crippen molar-refractivity contribution in [1.82, 2.24) is 15.4 Å². The van der Waals surface area contributed by atoms with E-state index in [1.807, 2.05) is 30.3 Å². The lowest BCUT2D eigenvalue weighted by Gasteiger charge is -2.06. The highest BCUT2D eigenvalue weighted by Gasteiger charge is 2.19. The molecule has 0 aliphatic carbocycles. The highest BCUT2D eigenvalue weighted by Crippen LogP contribution is 2.26. The number of aryl methyl sites for hydroxylation is 1. The number of thioether (sulfide) groups is 1. The number of rotatable bonds is 5. The molecule has 3 aromatic rings. The Labute approximate surface area is 136 Å². The molecule has 7 nitrogen and oxygen atoms in total. The topological polar surface area (TPSA) is 94.1 Å². The second-order valence-electron chi connectivity index (χ2n) is 4.81. The van der Waals surface area contributed by atoms with Crippen molar-refractivity contribution < 1.29 is 13.7 Å². The number of aromatic nitrogens is 3. The van der Waals surface area contributed by atoms with Crippen LogP contribution in [-0.4, -0.2) is 26.5 Å². The first-order valence-corrected chi connectivity index (χ1v) is 7.79. The van der Waals surface area contributed by atoms with Crippen molar-refractivity contribution in [1.29, 1.82) is 0 Å². The zero-order valence-electron chi connectivity index (χ0n) is 12.5. The van der Waals surface area contributed by atoms with E-state index in [9.17, 15) is 4.79 Å². The molecule has 2 aromatic heterocycles. The molecule has 3 rings (SSSR count). The van der Waals surface area contributed by atoms with E-state index in [1.165, 1.54) is 11.8 Å².